The third-order valence-electron chi connectivity index (χ3n) is 3.65. The fourth-order valence-corrected chi connectivity index (χ4v) is 3.61. The zero-order valence-corrected chi connectivity index (χ0v) is 13.0. The highest BCUT2D eigenvalue weighted by Gasteiger charge is 2.19. The summed E-state index contributed by atoms with van der Waals surface area (Å²) in [4.78, 5) is 0.302. The van der Waals surface area contributed by atoms with E-state index in [1.54, 1.807) is 18.2 Å². The van der Waals surface area contributed by atoms with Gasteiger partial charge in [-0.2, -0.15) is 0 Å². The van der Waals surface area contributed by atoms with Gasteiger partial charge < -0.3 is 5.32 Å². The van der Waals surface area contributed by atoms with E-state index >= 15 is 0 Å². The van der Waals surface area contributed by atoms with Gasteiger partial charge in [0.25, 0.3) is 0 Å². The molecular weight excluding hydrogens is 296 g/mol. The minimum Gasteiger partial charge on any atom is -0.359 e. The average Bonchev–Trinajstić information content (AvgIpc) is 2.87. The second-order valence-electron chi connectivity index (χ2n) is 5.36. The molecule has 2 N–H and O–H groups in total. The van der Waals surface area contributed by atoms with Crippen molar-refractivity contribution >= 4 is 15.7 Å². The van der Waals surface area contributed by atoms with Crippen LogP contribution in [0.2, 0.25) is 0 Å². The Morgan fingerprint density at radius 2 is 1.91 bits per heavy atom. The molecule has 3 rings (SSSR count). The third-order valence-corrected chi connectivity index (χ3v) is 5.11. The number of fused-ring (bicyclic) bond motifs is 1. The molecule has 114 valence electrons. The van der Waals surface area contributed by atoms with Gasteiger partial charge in [-0.25, -0.2) is 13.1 Å². The molecule has 0 saturated carbocycles. The maximum absolute atomic E-state index is 12.3. The van der Waals surface area contributed by atoms with Gasteiger partial charge in [-0.05, 0) is 35.7 Å². The van der Waals surface area contributed by atoms with E-state index in [2.05, 4.69) is 16.6 Å². The number of benzene rings is 2. The summed E-state index contributed by atoms with van der Waals surface area (Å²) in [5.74, 6) is 0. The van der Waals surface area contributed by atoms with Gasteiger partial charge in [0.15, 0.2) is 0 Å². The Bertz CT molecular complexity index is 799. The van der Waals surface area contributed by atoms with Crippen molar-refractivity contribution in [3.8, 4) is 0 Å². The molecule has 4 nitrogen and oxygen atoms in total. The maximum Gasteiger partial charge on any atom is 0.240 e. The molecule has 0 radical (unpaired) electrons. The van der Waals surface area contributed by atoms with E-state index in [0.717, 1.165) is 22.5 Å². The molecule has 1 aliphatic heterocycles. The van der Waals surface area contributed by atoms with Crippen LogP contribution in [0, 0.1) is 0 Å². The van der Waals surface area contributed by atoms with E-state index in [4.69, 9.17) is 0 Å². The molecular formula is C17H18N2O2S. The fourth-order valence-electron chi connectivity index (χ4n) is 2.53. The molecule has 5 heteroatoms. The lowest BCUT2D eigenvalue weighted by Gasteiger charge is -2.08. The molecule has 0 saturated heterocycles. The van der Waals surface area contributed by atoms with Crippen LogP contribution in [0.25, 0.3) is 0 Å². The van der Waals surface area contributed by atoms with E-state index in [-0.39, 0.29) is 0 Å². The topological polar surface area (TPSA) is 58.2 Å². The Morgan fingerprint density at radius 3 is 2.68 bits per heavy atom. The lowest BCUT2D eigenvalue weighted by atomic mass is 10.1. The highest BCUT2D eigenvalue weighted by atomic mass is 32.2. The summed E-state index contributed by atoms with van der Waals surface area (Å²) >= 11 is 0. The maximum atomic E-state index is 12.3. The van der Waals surface area contributed by atoms with Crippen molar-refractivity contribution in [1.29, 1.82) is 0 Å². The van der Waals surface area contributed by atoms with Gasteiger partial charge in [0, 0.05) is 24.4 Å². The second kappa shape index (κ2) is 5.94. The molecule has 2 aromatic rings. The van der Waals surface area contributed by atoms with Crippen LogP contribution in [-0.4, -0.2) is 15.0 Å². The second-order valence-corrected chi connectivity index (χ2v) is 7.12. The first-order valence-corrected chi connectivity index (χ1v) is 8.64. The van der Waals surface area contributed by atoms with Crippen LogP contribution < -0.4 is 10.0 Å². The van der Waals surface area contributed by atoms with Crippen LogP contribution in [0.15, 0.2) is 65.7 Å². The van der Waals surface area contributed by atoms with Crippen LogP contribution in [0.3, 0.4) is 0 Å². The fraction of sp³-hybridized carbons (Fsp3) is 0.176. The summed E-state index contributed by atoms with van der Waals surface area (Å²) in [7, 11) is -3.48. The number of hydrogen-bond donors (Lipinski definition) is 2. The molecule has 0 bridgehead atoms. The van der Waals surface area contributed by atoms with Crippen molar-refractivity contribution in [2.75, 3.05) is 11.9 Å². The van der Waals surface area contributed by atoms with Gasteiger partial charge in [0.1, 0.15) is 0 Å². The number of anilines is 1. The SMILES string of the molecule is C=C1Cc2cc(S(=O)(=O)NCCc3ccccc3)ccc2N1. The van der Waals surface area contributed by atoms with Gasteiger partial charge in [-0.15, -0.1) is 0 Å². The first kappa shape index (κ1) is 14.8. The Balaban J connectivity index is 1.68. The minimum atomic E-state index is -3.48. The van der Waals surface area contributed by atoms with Crippen LogP contribution in [0.4, 0.5) is 5.69 Å². The van der Waals surface area contributed by atoms with Crippen molar-refractivity contribution in [3.63, 3.8) is 0 Å². The average molecular weight is 314 g/mol. The van der Waals surface area contributed by atoms with E-state index in [9.17, 15) is 8.42 Å². The van der Waals surface area contributed by atoms with Gasteiger partial charge >= 0.3 is 0 Å². The third kappa shape index (κ3) is 3.21. The summed E-state index contributed by atoms with van der Waals surface area (Å²) in [6.45, 7) is 4.25. The first-order valence-electron chi connectivity index (χ1n) is 7.16. The van der Waals surface area contributed by atoms with Crippen molar-refractivity contribution in [2.24, 2.45) is 0 Å². The Morgan fingerprint density at radius 1 is 1.14 bits per heavy atom. The van der Waals surface area contributed by atoms with Gasteiger partial charge in [-0.3, -0.25) is 0 Å². The summed E-state index contributed by atoms with van der Waals surface area (Å²) < 4.78 is 27.4. The van der Waals surface area contributed by atoms with Crippen molar-refractivity contribution in [1.82, 2.24) is 4.72 Å². The molecule has 0 amide bonds. The Kier molecular flexibility index (Phi) is 4.00. The largest absolute Gasteiger partial charge is 0.359 e. The predicted molar refractivity (Wildman–Crippen MR) is 88.2 cm³/mol. The summed E-state index contributed by atoms with van der Waals surface area (Å²) in [6, 6.07) is 14.9. The van der Waals surface area contributed by atoms with Crippen molar-refractivity contribution in [3.05, 3.63) is 71.9 Å². The lowest BCUT2D eigenvalue weighted by molar-refractivity contribution is 0.581. The van der Waals surface area contributed by atoms with Gasteiger partial charge in [0.05, 0.1) is 4.90 Å². The lowest BCUT2D eigenvalue weighted by Crippen LogP contribution is -2.26. The Hall–Kier alpha value is -2.11. The number of hydrogen-bond acceptors (Lipinski definition) is 3. The van der Waals surface area contributed by atoms with Crippen LogP contribution in [0.1, 0.15) is 11.1 Å². The molecule has 2 aromatic carbocycles. The van der Waals surface area contributed by atoms with Crippen molar-refractivity contribution < 1.29 is 8.42 Å². The van der Waals surface area contributed by atoms with Crippen LogP contribution >= 0.6 is 0 Å². The number of allylic oxidation sites excluding steroid dienone is 1. The minimum absolute atomic E-state index is 0.302. The molecule has 0 unspecified atom stereocenters. The summed E-state index contributed by atoms with van der Waals surface area (Å²) in [5, 5.41) is 3.13. The van der Waals surface area contributed by atoms with Gasteiger partial charge in [-0.1, -0.05) is 36.9 Å². The van der Waals surface area contributed by atoms with Crippen molar-refractivity contribution in [2.45, 2.75) is 17.7 Å². The zero-order valence-electron chi connectivity index (χ0n) is 12.2. The first-order chi connectivity index (χ1) is 10.5. The van der Waals surface area contributed by atoms with E-state index in [1.165, 1.54) is 0 Å². The predicted octanol–water partition coefficient (Wildman–Crippen LogP) is 2.69. The van der Waals surface area contributed by atoms with Gasteiger partial charge in [0.2, 0.25) is 10.0 Å². The zero-order chi connectivity index (χ0) is 15.6. The normalized spacial score (nSPS) is 13.7. The molecule has 0 aliphatic carbocycles. The molecule has 0 fully saturated rings. The number of nitrogens with one attached hydrogen (secondary N) is 2. The van der Waals surface area contributed by atoms with E-state index in [0.29, 0.717) is 24.3 Å². The summed E-state index contributed by atoms with van der Waals surface area (Å²) in [5.41, 5.74) is 3.91. The molecule has 0 atom stereocenters. The quantitative estimate of drug-likeness (QED) is 0.892. The number of sulfonamides is 1. The molecule has 1 aliphatic rings. The highest BCUT2D eigenvalue weighted by Crippen LogP contribution is 2.29. The summed E-state index contributed by atoms with van der Waals surface area (Å²) in [6.07, 6.45) is 1.34. The highest BCUT2D eigenvalue weighted by molar-refractivity contribution is 7.89. The molecule has 22 heavy (non-hydrogen) atoms. The van der Waals surface area contributed by atoms with E-state index in [1.807, 2.05) is 30.3 Å². The Labute approximate surface area is 130 Å². The molecule has 0 spiro atoms. The molecule has 1 heterocycles. The van der Waals surface area contributed by atoms with Crippen LogP contribution in [0.5, 0.6) is 0 Å². The van der Waals surface area contributed by atoms with E-state index < -0.39 is 10.0 Å². The molecule has 0 aromatic heterocycles. The smallest absolute Gasteiger partial charge is 0.240 e. The number of rotatable bonds is 5. The standard InChI is InChI=1S/C17H18N2O2S/c1-13-11-15-12-16(7-8-17(15)19-13)22(20,21)18-10-9-14-5-3-2-4-6-14/h2-8,12,18-19H,1,9-11H2. The van der Waals surface area contributed by atoms with Crippen LogP contribution in [-0.2, 0) is 22.9 Å². The monoisotopic (exact) mass is 314 g/mol.